The lowest BCUT2D eigenvalue weighted by Gasteiger charge is -2.08. The highest BCUT2D eigenvalue weighted by atomic mass is 35.5. The lowest BCUT2D eigenvalue weighted by atomic mass is 10.1. The van der Waals surface area contributed by atoms with Crippen LogP contribution in [0.15, 0.2) is 30.5 Å². The van der Waals surface area contributed by atoms with Gasteiger partial charge < -0.3 is 5.11 Å². The number of aromatic nitrogens is 1. The summed E-state index contributed by atoms with van der Waals surface area (Å²) in [6.45, 7) is 0. The van der Waals surface area contributed by atoms with Crippen LogP contribution in [0.5, 0.6) is 0 Å². The van der Waals surface area contributed by atoms with E-state index in [0.29, 0.717) is 31.9 Å². The smallest absolute Gasteiger partial charge is 0.307 e. The normalized spacial score (nSPS) is 10.5. The Kier molecular flexibility index (Phi) is 4.30. The predicted molar refractivity (Wildman–Crippen MR) is 76.0 cm³/mol. The summed E-state index contributed by atoms with van der Waals surface area (Å²) in [4.78, 5) is 14.9. The van der Waals surface area contributed by atoms with E-state index in [9.17, 15) is 4.79 Å². The van der Waals surface area contributed by atoms with Crippen molar-refractivity contribution in [3.8, 4) is 11.3 Å². The summed E-state index contributed by atoms with van der Waals surface area (Å²) < 4.78 is 0. The highest BCUT2D eigenvalue weighted by molar-refractivity contribution is 6.36. The molecule has 19 heavy (non-hydrogen) atoms. The number of halogens is 3. The molecule has 0 saturated carbocycles. The molecule has 2 aromatic rings. The van der Waals surface area contributed by atoms with Gasteiger partial charge >= 0.3 is 5.97 Å². The van der Waals surface area contributed by atoms with E-state index in [1.165, 1.54) is 6.20 Å². The zero-order chi connectivity index (χ0) is 14.0. The number of rotatable bonds is 3. The SMILES string of the molecule is O=C(O)Cc1ccnc(-c2cc(Cl)cc(Cl)c2)c1Cl. The van der Waals surface area contributed by atoms with Crippen molar-refractivity contribution in [2.24, 2.45) is 0 Å². The minimum absolute atomic E-state index is 0.164. The summed E-state index contributed by atoms with van der Waals surface area (Å²) in [6, 6.07) is 6.52. The van der Waals surface area contributed by atoms with Crippen molar-refractivity contribution in [3.05, 3.63) is 51.1 Å². The van der Waals surface area contributed by atoms with Crippen LogP contribution in [0.2, 0.25) is 15.1 Å². The molecule has 1 aromatic carbocycles. The predicted octanol–water partition coefficient (Wildman–Crippen LogP) is 4.34. The average molecular weight is 317 g/mol. The van der Waals surface area contributed by atoms with Crippen LogP contribution in [-0.4, -0.2) is 16.1 Å². The monoisotopic (exact) mass is 315 g/mol. The van der Waals surface area contributed by atoms with Crippen molar-refractivity contribution >= 4 is 40.8 Å². The van der Waals surface area contributed by atoms with Gasteiger partial charge in [0.15, 0.2) is 0 Å². The minimum atomic E-state index is -0.955. The Morgan fingerprint density at radius 2 is 1.79 bits per heavy atom. The summed E-state index contributed by atoms with van der Waals surface area (Å²) in [5.41, 5.74) is 1.61. The fraction of sp³-hybridized carbons (Fsp3) is 0.0769. The van der Waals surface area contributed by atoms with Gasteiger partial charge in [-0.3, -0.25) is 9.78 Å². The molecule has 2 rings (SSSR count). The van der Waals surface area contributed by atoms with Gasteiger partial charge in [0.05, 0.1) is 17.1 Å². The van der Waals surface area contributed by atoms with Gasteiger partial charge in [-0.1, -0.05) is 34.8 Å². The van der Waals surface area contributed by atoms with Gasteiger partial charge in [-0.05, 0) is 29.8 Å². The molecule has 98 valence electrons. The van der Waals surface area contributed by atoms with E-state index in [1.54, 1.807) is 24.3 Å². The lowest BCUT2D eigenvalue weighted by Crippen LogP contribution is -2.02. The second-order valence-electron chi connectivity index (χ2n) is 3.86. The maximum Gasteiger partial charge on any atom is 0.307 e. The topological polar surface area (TPSA) is 50.2 Å². The fourth-order valence-electron chi connectivity index (χ4n) is 1.67. The van der Waals surface area contributed by atoms with Gasteiger partial charge in [0.2, 0.25) is 0 Å². The van der Waals surface area contributed by atoms with Gasteiger partial charge in [0.25, 0.3) is 0 Å². The number of hydrogen-bond acceptors (Lipinski definition) is 2. The summed E-state index contributed by atoms with van der Waals surface area (Å²) in [5.74, 6) is -0.955. The Labute approximate surface area is 124 Å². The standard InChI is InChI=1S/C13H8Cl3NO2/c14-9-3-8(4-10(15)6-9)13-12(16)7(1-2-17-13)5-11(18)19/h1-4,6H,5H2,(H,18,19). The van der Waals surface area contributed by atoms with Crippen LogP contribution in [0.4, 0.5) is 0 Å². The van der Waals surface area contributed by atoms with Gasteiger partial charge in [0, 0.05) is 21.8 Å². The molecule has 0 aliphatic heterocycles. The molecule has 1 heterocycles. The summed E-state index contributed by atoms with van der Waals surface area (Å²) in [5, 5.41) is 10.0. The average Bonchev–Trinajstić information content (AvgIpc) is 2.30. The number of carboxylic acid groups (broad SMARTS) is 1. The largest absolute Gasteiger partial charge is 0.481 e. The van der Waals surface area contributed by atoms with Crippen molar-refractivity contribution in [2.75, 3.05) is 0 Å². The second-order valence-corrected chi connectivity index (χ2v) is 5.11. The molecule has 0 amide bonds. The number of nitrogens with zero attached hydrogens (tertiary/aromatic N) is 1. The number of carbonyl (C=O) groups is 1. The molecule has 6 heteroatoms. The summed E-state index contributed by atoms with van der Waals surface area (Å²) in [7, 11) is 0. The first-order valence-electron chi connectivity index (χ1n) is 5.29. The molecule has 0 spiro atoms. The van der Waals surface area contributed by atoms with Crippen molar-refractivity contribution in [1.29, 1.82) is 0 Å². The molecule has 0 aliphatic carbocycles. The minimum Gasteiger partial charge on any atom is -0.481 e. The van der Waals surface area contributed by atoms with Crippen LogP contribution in [0.3, 0.4) is 0 Å². The molecule has 0 bridgehead atoms. The van der Waals surface area contributed by atoms with Crippen LogP contribution in [0.1, 0.15) is 5.56 Å². The van der Waals surface area contributed by atoms with E-state index in [2.05, 4.69) is 4.98 Å². The van der Waals surface area contributed by atoms with E-state index in [4.69, 9.17) is 39.9 Å². The number of carboxylic acids is 1. The van der Waals surface area contributed by atoms with E-state index in [0.717, 1.165) is 0 Å². The van der Waals surface area contributed by atoms with Crippen molar-refractivity contribution in [3.63, 3.8) is 0 Å². The maximum atomic E-state index is 10.8. The van der Waals surface area contributed by atoms with Gasteiger partial charge in [-0.15, -0.1) is 0 Å². The lowest BCUT2D eigenvalue weighted by molar-refractivity contribution is -0.136. The van der Waals surface area contributed by atoms with Crippen LogP contribution in [0, 0.1) is 0 Å². The molecule has 0 saturated heterocycles. The molecule has 3 nitrogen and oxygen atoms in total. The van der Waals surface area contributed by atoms with Gasteiger partial charge in [-0.25, -0.2) is 0 Å². The van der Waals surface area contributed by atoms with Crippen molar-refractivity contribution < 1.29 is 9.90 Å². The fourth-order valence-corrected chi connectivity index (χ4v) is 2.49. The van der Waals surface area contributed by atoms with Gasteiger partial charge in [0.1, 0.15) is 0 Å². The van der Waals surface area contributed by atoms with Crippen LogP contribution in [0.25, 0.3) is 11.3 Å². The third-order valence-electron chi connectivity index (χ3n) is 2.45. The quantitative estimate of drug-likeness (QED) is 0.916. The van der Waals surface area contributed by atoms with E-state index >= 15 is 0 Å². The zero-order valence-electron chi connectivity index (χ0n) is 9.53. The molecule has 1 N–H and O–H groups in total. The second kappa shape index (κ2) is 5.78. The Hall–Kier alpha value is -1.29. The third-order valence-corrected chi connectivity index (χ3v) is 3.31. The molecular formula is C13H8Cl3NO2. The molecule has 1 aromatic heterocycles. The third kappa shape index (κ3) is 3.38. The van der Waals surface area contributed by atoms with Crippen molar-refractivity contribution in [2.45, 2.75) is 6.42 Å². The maximum absolute atomic E-state index is 10.8. The highest BCUT2D eigenvalue weighted by Crippen LogP contribution is 2.32. The first-order chi connectivity index (χ1) is 8.97. The molecule has 0 fully saturated rings. The highest BCUT2D eigenvalue weighted by Gasteiger charge is 2.13. The summed E-state index contributed by atoms with van der Waals surface area (Å²) >= 11 is 18.0. The Balaban J connectivity index is 2.53. The molecule has 0 atom stereocenters. The first-order valence-corrected chi connectivity index (χ1v) is 6.42. The van der Waals surface area contributed by atoms with E-state index in [-0.39, 0.29) is 6.42 Å². The Morgan fingerprint density at radius 3 is 2.37 bits per heavy atom. The van der Waals surface area contributed by atoms with Crippen molar-refractivity contribution in [1.82, 2.24) is 4.98 Å². The van der Waals surface area contributed by atoms with Crippen LogP contribution < -0.4 is 0 Å². The van der Waals surface area contributed by atoms with E-state index in [1.807, 2.05) is 0 Å². The van der Waals surface area contributed by atoms with E-state index < -0.39 is 5.97 Å². The van der Waals surface area contributed by atoms with Crippen LogP contribution >= 0.6 is 34.8 Å². The molecule has 0 unspecified atom stereocenters. The number of benzene rings is 1. The number of hydrogen-bond donors (Lipinski definition) is 1. The Morgan fingerprint density at radius 1 is 1.16 bits per heavy atom. The molecule has 0 radical (unpaired) electrons. The summed E-state index contributed by atoms with van der Waals surface area (Å²) in [6.07, 6.45) is 1.34. The Bertz CT molecular complexity index is 624. The first kappa shape index (κ1) is 14.1. The zero-order valence-corrected chi connectivity index (χ0v) is 11.8. The van der Waals surface area contributed by atoms with Crippen LogP contribution in [-0.2, 0) is 11.2 Å². The number of aliphatic carboxylic acids is 1. The number of pyridine rings is 1. The van der Waals surface area contributed by atoms with Gasteiger partial charge in [-0.2, -0.15) is 0 Å². The molecular weight excluding hydrogens is 309 g/mol. The molecule has 0 aliphatic rings.